The van der Waals surface area contributed by atoms with E-state index < -0.39 is 11.9 Å². The van der Waals surface area contributed by atoms with Crippen molar-refractivity contribution in [3.8, 4) is 23.0 Å². The molecule has 6 nitrogen and oxygen atoms in total. The van der Waals surface area contributed by atoms with E-state index >= 15 is 0 Å². The molecule has 2 aromatic rings. The van der Waals surface area contributed by atoms with Crippen LogP contribution in [0.2, 0.25) is 0 Å². The summed E-state index contributed by atoms with van der Waals surface area (Å²) < 4.78 is 22.8. The van der Waals surface area contributed by atoms with E-state index in [1.165, 1.54) is 0 Å². The largest absolute Gasteiger partial charge is 0.493 e. The molecule has 0 radical (unpaired) electrons. The summed E-state index contributed by atoms with van der Waals surface area (Å²) in [6.07, 6.45) is 0.510. The predicted octanol–water partition coefficient (Wildman–Crippen LogP) is 5.65. The Morgan fingerprint density at radius 2 is 1.09 bits per heavy atom. The lowest BCUT2D eigenvalue weighted by atomic mass is 9.98. The number of hydrogen-bond donors (Lipinski definition) is 0. The Hall–Kier alpha value is -3.54. The first-order valence-electron chi connectivity index (χ1n) is 10.9. The molecule has 0 aliphatic heterocycles. The molecular weight excluding hydrogens is 420 g/mol. The van der Waals surface area contributed by atoms with Crippen LogP contribution in [-0.2, 0) is 16.0 Å². The minimum atomic E-state index is -0.484. The van der Waals surface area contributed by atoms with Gasteiger partial charge < -0.3 is 18.9 Å². The van der Waals surface area contributed by atoms with Gasteiger partial charge in [0, 0.05) is 28.7 Å². The molecule has 0 fully saturated rings. The van der Waals surface area contributed by atoms with E-state index in [4.69, 9.17) is 18.9 Å². The van der Waals surface area contributed by atoms with E-state index in [0.29, 0.717) is 53.8 Å². The summed E-state index contributed by atoms with van der Waals surface area (Å²) in [5, 5.41) is 0. The van der Waals surface area contributed by atoms with Crippen LogP contribution in [0.25, 0.3) is 0 Å². The van der Waals surface area contributed by atoms with Gasteiger partial charge in [-0.05, 0) is 64.8 Å². The Morgan fingerprint density at radius 3 is 1.39 bits per heavy atom. The van der Waals surface area contributed by atoms with Gasteiger partial charge in [-0.15, -0.1) is 0 Å². The number of esters is 2. The Labute approximate surface area is 195 Å². The highest BCUT2D eigenvalue weighted by Crippen LogP contribution is 2.38. The van der Waals surface area contributed by atoms with Gasteiger partial charge in [-0.1, -0.05) is 25.3 Å². The molecule has 0 N–H and O–H groups in total. The fraction of sp³-hybridized carbons (Fsp3) is 0.333. The first kappa shape index (κ1) is 25.7. The molecule has 0 saturated carbocycles. The van der Waals surface area contributed by atoms with Crippen LogP contribution >= 0.6 is 0 Å². The van der Waals surface area contributed by atoms with Crippen molar-refractivity contribution in [3.63, 3.8) is 0 Å². The van der Waals surface area contributed by atoms with Crippen molar-refractivity contribution in [3.05, 3.63) is 70.8 Å². The fourth-order valence-electron chi connectivity index (χ4n) is 3.23. The molecule has 0 bridgehead atoms. The minimum absolute atomic E-state index is 0.320. The van der Waals surface area contributed by atoms with Gasteiger partial charge >= 0.3 is 11.9 Å². The maximum atomic E-state index is 12.0. The van der Waals surface area contributed by atoms with Crippen molar-refractivity contribution in [2.75, 3.05) is 13.2 Å². The lowest BCUT2D eigenvalue weighted by Crippen LogP contribution is -2.11. The topological polar surface area (TPSA) is 71.1 Å². The van der Waals surface area contributed by atoms with Gasteiger partial charge in [-0.3, -0.25) is 0 Å². The summed E-state index contributed by atoms with van der Waals surface area (Å²) in [7, 11) is 0. The smallest absolute Gasteiger partial charge is 0.338 e. The number of ether oxygens (including phenoxy) is 4. The molecule has 0 unspecified atom stereocenters. The molecular formula is C27H32O6. The molecule has 0 aliphatic rings. The van der Waals surface area contributed by atoms with Gasteiger partial charge in [-0.25, -0.2) is 9.59 Å². The average Bonchev–Trinajstić information content (AvgIpc) is 2.76. The maximum absolute atomic E-state index is 12.0. The fourth-order valence-corrected chi connectivity index (χ4v) is 3.23. The van der Waals surface area contributed by atoms with Crippen molar-refractivity contribution in [2.24, 2.45) is 0 Å². The minimum Gasteiger partial charge on any atom is -0.493 e. The first-order chi connectivity index (χ1) is 15.6. The molecule has 0 spiro atoms. The zero-order valence-corrected chi connectivity index (χ0v) is 20.3. The van der Waals surface area contributed by atoms with Crippen LogP contribution in [0, 0.1) is 13.8 Å². The molecule has 0 saturated heterocycles. The molecule has 33 heavy (non-hydrogen) atoms. The van der Waals surface area contributed by atoms with E-state index in [2.05, 4.69) is 13.2 Å². The van der Waals surface area contributed by atoms with Crippen molar-refractivity contribution < 1.29 is 28.5 Å². The molecule has 6 heteroatoms. The zero-order valence-electron chi connectivity index (χ0n) is 20.3. The number of benzene rings is 2. The standard InChI is InChI=1S/C27H32O6/c1-9-30-24-18(7)22(32-26(28)16(3)4)13-11-20(24)15-21-12-14-23(33-27(29)17(5)6)19(8)25(21)31-10-2/h11-14H,3,5,9-10,15H2,1-2,4,6-8H3. The Morgan fingerprint density at radius 1 is 0.727 bits per heavy atom. The zero-order chi connectivity index (χ0) is 24.7. The van der Waals surface area contributed by atoms with Crippen molar-refractivity contribution >= 4 is 11.9 Å². The highest BCUT2D eigenvalue weighted by Gasteiger charge is 2.19. The average molecular weight is 453 g/mol. The summed E-state index contributed by atoms with van der Waals surface area (Å²) in [6, 6.07) is 7.26. The van der Waals surface area contributed by atoms with Crippen LogP contribution in [-0.4, -0.2) is 25.2 Å². The third-order valence-electron chi connectivity index (χ3n) is 4.94. The predicted molar refractivity (Wildman–Crippen MR) is 128 cm³/mol. The van der Waals surface area contributed by atoms with Gasteiger partial charge in [0.2, 0.25) is 0 Å². The lowest BCUT2D eigenvalue weighted by Gasteiger charge is -2.19. The monoisotopic (exact) mass is 452 g/mol. The van der Waals surface area contributed by atoms with Gasteiger partial charge in [-0.2, -0.15) is 0 Å². The van der Waals surface area contributed by atoms with E-state index in [9.17, 15) is 9.59 Å². The van der Waals surface area contributed by atoms with Crippen LogP contribution in [0.4, 0.5) is 0 Å². The van der Waals surface area contributed by atoms with Gasteiger partial charge in [0.05, 0.1) is 13.2 Å². The van der Waals surface area contributed by atoms with E-state index in [0.717, 1.165) is 22.3 Å². The van der Waals surface area contributed by atoms with Gasteiger partial charge in [0.15, 0.2) is 0 Å². The van der Waals surface area contributed by atoms with E-state index in [1.807, 2.05) is 39.8 Å². The van der Waals surface area contributed by atoms with Crippen LogP contribution in [0.1, 0.15) is 49.9 Å². The van der Waals surface area contributed by atoms with Crippen molar-refractivity contribution in [1.29, 1.82) is 0 Å². The van der Waals surface area contributed by atoms with Crippen LogP contribution < -0.4 is 18.9 Å². The normalized spacial score (nSPS) is 10.4. The molecule has 176 valence electrons. The number of hydrogen-bond acceptors (Lipinski definition) is 6. The highest BCUT2D eigenvalue weighted by atomic mass is 16.5. The summed E-state index contributed by atoms with van der Waals surface area (Å²) in [6.45, 7) is 18.9. The lowest BCUT2D eigenvalue weighted by molar-refractivity contribution is -0.131. The van der Waals surface area contributed by atoms with Crippen molar-refractivity contribution in [2.45, 2.75) is 48.0 Å². The second kappa shape index (κ2) is 11.4. The molecule has 2 rings (SSSR count). The highest BCUT2D eigenvalue weighted by molar-refractivity contribution is 5.89. The summed E-state index contributed by atoms with van der Waals surface area (Å²) in [5.41, 5.74) is 3.92. The van der Waals surface area contributed by atoms with Crippen LogP contribution in [0.15, 0.2) is 48.6 Å². The molecule has 2 aromatic carbocycles. The first-order valence-corrected chi connectivity index (χ1v) is 10.9. The number of carbonyl (C=O) groups excluding carboxylic acids is 2. The van der Waals surface area contributed by atoms with Crippen LogP contribution in [0.5, 0.6) is 23.0 Å². The number of carbonyl (C=O) groups is 2. The Bertz CT molecular complexity index is 995. The molecule has 0 amide bonds. The SMILES string of the molecule is C=C(C)C(=O)Oc1ccc(Cc2ccc(OC(=O)C(=C)C)c(C)c2OCC)c(OCC)c1C. The summed E-state index contributed by atoms with van der Waals surface area (Å²) in [4.78, 5) is 24.0. The molecule has 0 heterocycles. The van der Waals surface area contributed by atoms with Gasteiger partial charge in [0.25, 0.3) is 0 Å². The van der Waals surface area contributed by atoms with E-state index in [-0.39, 0.29) is 0 Å². The Kier molecular flexibility index (Phi) is 8.85. The Balaban J connectivity index is 2.48. The third-order valence-corrected chi connectivity index (χ3v) is 4.94. The van der Waals surface area contributed by atoms with Gasteiger partial charge in [0.1, 0.15) is 23.0 Å². The van der Waals surface area contributed by atoms with Crippen LogP contribution in [0.3, 0.4) is 0 Å². The summed E-state index contributed by atoms with van der Waals surface area (Å²) in [5.74, 6) is 1.20. The maximum Gasteiger partial charge on any atom is 0.338 e. The molecule has 0 aliphatic carbocycles. The van der Waals surface area contributed by atoms with Crippen molar-refractivity contribution in [1.82, 2.24) is 0 Å². The summed E-state index contributed by atoms with van der Waals surface area (Å²) >= 11 is 0. The number of rotatable bonds is 10. The van der Waals surface area contributed by atoms with E-state index in [1.54, 1.807) is 26.0 Å². The second-order valence-corrected chi connectivity index (χ2v) is 7.74. The second-order valence-electron chi connectivity index (χ2n) is 7.74. The quantitative estimate of drug-likeness (QED) is 0.263. The molecule has 0 atom stereocenters. The third kappa shape index (κ3) is 6.25. The molecule has 0 aromatic heterocycles.